The van der Waals surface area contributed by atoms with Gasteiger partial charge in [0.25, 0.3) is 0 Å². The highest BCUT2D eigenvalue weighted by Gasteiger charge is 2.53. The predicted octanol–water partition coefficient (Wildman–Crippen LogP) is 15.1. The van der Waals surface area contributed by atoms with Crippen molar-refractivity contribution in [2.24, 2.45) is 0 Å². The monoisotopic (exact) mass is 748 g/mol. The van der Waals surface area contributed by atoms with E-state index in [-0.39, 0.29) is 0 Å². The number of aryl methyl sites for hydroxylation is 1. The molecule has 0 bridgehead atoms. The lowest BCUT2D eigenvalue weighted by molar-refractivity contribution is 0.841. The van der Waals surface area contributed by atoms with Crippen molar-refractivity contribution in [1.29, 1.82) is 0 Å². The maximum Gasteiger partial charge on any atom is 0.0732 e. The van der Waals surface area contributed by atoms with Crippen molar-refractivity contribution >= 4 is 40.0 Å². The molecule has 0 aromatic heterocycles. The third-order valence-electron chi connectivity index (χ3n) is 11.1. The molecular weight excluding hydrogens is 701 g/mol. The number of hydrogen-bond acceptors (Lipinski definition) is 2. The zero-order chi connectivity index (χ0) is 39.9. The van der Waals surface area contributed by atoms with Gasteiger partial charge in [0.1, 0.15) is 0 Å². The standard InChI is InChI=1S/C54H42N2.C2H6/c1-3-45-47-30-18-19-31-50(47)54(53(45)46-29-17-16-21-39(46)2)51-37-41(55-36-20-5-4-9-22-40-23-10-6-11-24-40)32-34-48(51)49-35-33-44(38-52(49)54)56(42-25-12-7-13-26-42)43-27-14-8-15-28-43;1-2/h3-38,55H,1H2,2H3;1-2H3/b5-4-,22-9-,36-20+;. The van der Waals surface area contributed by atoms with E-state index >= 15 is 0 Å². The minimum absolute atomic E-state index is 0.602. The molecule has 0 aliphatic heterocycles. The van der Waals surface area contributed by atoms with Crippen LogP contribution in [0, 0.1) is 6.92 Å². The fourth-order valence-corrected chi connectivity index (χ4v) is 8.69. The average molecular weight is 749 g/mol. The molecule has 0 heterocycles. The van der Waals surface area contributed by atoms with E-state index in [1.807, 2.05) is 38.3 Å². The van der Waals surface area contributed by atoms with Gasteiger partial charge < -0.3 is 10.2 Å². The van der Waals surface area contributed by atoms with Crippen LogP contribution in [0.25, 0.3) is 28.3 Å². The van der Waals surface area contributed by atoms with Crippen LogP contribution in [0.5, 0.6) is 0 Å². The quantitative estimate of drug-likeness (QED) is 0.140. The molecule has 1 unspecified atom stereocenters. The maximum atomic E-state index is 4.45. The van der Waals surface area contributed by atoms with Crippen molar-refractivity contribution in [3.05, 3.63) is 258 Å². The van der Waals surface area contributed by atoms with Gasteiger partial charge in [-0.15, -0.1) is 0 Å². The van der Waals surface area contributed by atoms with Gasteiger partial charge in [-0.05, 0) is 123 Å². The van der Waals surface area contributed by atoms with Crippen LogP contribution in [0.3, 0.4) is 0 Å². The summed E-state index contributed by atoms with van der Waals surface area (Å²) in [6, 6.07) is 63.3. The van der Waals surface area contributed by atoms with E-state index in [9.17, 15) is 0 Å². The summed E-state index contributed by atoms with van der Waals surface area (Å²) in [5.74, 6) is 0. The molecule has 2 nitrogen and oxygen atoms in total. The highest BCUT2D eigenvalue weighted by molar-refractivity contribution is 6.12. The van der Waals surface area contributed by atoms with Gasteiger partial charge in [-0.2, -0.15) is 0 Å². The summed E-state index contributed by atoms with van der Waals surface area (Å²) >= 11 is 0. The van der Waals surface area contributed by atoms with E-state index in [1.54, 1.807) is 0 Å². The Bertz CT molecular complexity index is 2640. The molecule has 0 saturated heterocycles. The Hall–Kier alpha value is -7.16. The molecule has 0 radical (unpaired) electrons. The van der Waals surface area contributed by atoms with E-state index in [1.165, 1.54) is 61.2 Å². The Labute approximate surface area is 344 Å². The fraction of sp³-hybridized carbons (Fsp3) is 0.0714. The molecule has 7 aromatic rings. The Kier molecular flexibility index (Phi) is 11.0. The lowest BCUT2D eigenvalue weighted by atomic mass is 9.67. The maximum absolute atomic E-state index is 4.45. The SMILES string of the molecule is C=CC1=C(c2ccccc2C)C2(c3ccccc31)c1cc(N/C=C/C=C\C=C/c3ccccc3)ccc1-c1ccc(N(c3ccccc3)c3ccccc3)cc12.CC. The fourth-order valence-electron chi connectivity index (χ4n) is 8.69. The predicted molar refractivity (Wildman–Crippen MR) is 250 cm³/mol. The zero-order valence-electron chi connectivity index (χ0n) is 33.4. The van der Waals surface area contributed by atoms with Gasteiger partial charge in [-0.3, -0.25) is 0 Å². The topological polar surface area (TPSA) is 15.3 Å². The van der Waals surface area contributed by atoms with E-state index < -0.39 is 5.41 Å². The highest BCUT2D eigenvalue weighted by Crippen LogP contribution is 2.65. The van der Waals surface area contributed by atoms with Crippen LogP contribution in [0.15, 0.2) is 219 Å². The minimum atomic E-state index is -0.602. The third-order valence-corrected chi connectivity index (χ3v) is 11.1. The second-order valence-electron chi connectivity index (χ2n) is 14.3. The summed E-state index contributed by atoms with van der Waals surface area (Å²) < 4.78 is 0. The van der Waals surface area contributed by atoms with Crippen molar-refractivity contribution in [2.75, 3.05) is 10.2 Å². The number of para-hydroxylation sites is 2. The van der Waals surface area contributed by atoms with Crippen LogP contribution < -0.4 is 10.2 Å². The summed E-state index contributed by atoms with van der Waals surface area (Å²) in [5, 5.41) is 3.60. The lowest BCUT2D eigenvalue weighted by Crippen LogP contribution is -2.27. The van der Waals surface area contributed by atoms with E-state index in [0.29, 0.717) is 0 Å². The summed E-state index contributed by atoms with van der Waals surface area (Å²) in [5.41, 5.74) is 17.4. The van der Waals surface area contributed by atoms with Crippen LogP contribution >= 0.6 is 0 Å². The molecule has 1 N–H and O–H groups in total. The van der Waals surface area contributed by atoms with Gasteiger partial charge in [-0.25, -0.2) is 0 Å². The average Bonchev–Trinajstić information content (AvgIpc) is 3.74. The number of allylic oxidation sites excluding steroid dienone is 7. The van der Waals surface area contributed by atoms with Crippen molar-refractivity contribution < 1.29 is 0 Å². The van der Waals surface area contributed by atoms with Crippen molar-refractivity contribution in [1.82, 2.24) is 0 Å². The first-order valence-electron chi connectivity index (χ1n) is 20.2. The van der Waals surface area contributed by atoms with E-state index in [2.05, 4.69) is 218 Å². The van der Waals surface area contributed by atoms with Crippen LogP contribution in [-0.2, 0) is 5.41 Å². The van der Waals surface area contributed by atoms with Gasteiger partial charge in [0, 0.05) is 28.9 Å². The summed E-state index contributed by atoms with van der Waals surface area (Å²) in [4.78, 5) is 2.36. The van der Waals surface area contributed by atoms with Gasteiger partial charge in [-0.1, -0.05) is 178 Å². The van der Waals surface area contributed by atoms with Crippen molar-refractivity contribution in [3.8, 4) is 11.1 Å². The van der Waals surface area contributed by atoms with Gasteiger partial charge in [0.15, 0.2) is 0 Å². The molecule has 2 aliphatic rings. The molecule has 1 atom stereocenters. The Morgan fingerprint density at radius 3 is 1.74 bits per heavy atom. The second kappa shape index (κ2) is 16.9. The van der Waals surface area contributed by atoms with Crippen LogP contribution in [-0.4, -0.2) is 0 Å². The van der Waals surface area contributed by atoms with Crippen molar-refractivity contribution in [3.63, 3.8) is 0 Å². The Morgan fingerprint density at radius 2 is 1.07 bits per heavy atom. The van der Waals surface area contributed by atoms with Gasteiger partial charge in [0.05, 0.1) is 5.41 Å². The third kappa shape index (κ3) is 6.73. The molecule has 7 aromatic carbocycles. The zero-order valence-corrected chi connectivity index (χ0v) is 33.4. The molecule has 1 spiro atoms. The molecule has 0 fully saturated rings. The number of rotatable bonds is 10. The lowest BCUT2D eigenvalue weighted by Gasteiger charge is -2.35. The first kappa shape index (κ1) is 37.7. The molecule has 282 valence electrons. The van der Waals surface area contributed by atoms with Crippen LogP contribution in [0.4, 0.5) is 22.7 Å². The number of hydrogen-bond donors (Lipinski definition) is 1. The Morgan fingerprint density at radius 1 is 0.500 bits per heavy atom. The number of fused-ring (bicyclic) bond motifs is 7. The summed E-state index contributed by atoms with van der Waals surface area (Å²) in [7, 11) is 0. The molecular formula is C56H48N2. The van der Waals surface area contributed by atoms with Gasteiger partial charge >= 0.3 is 0 Å². The normalized spacial score (nSPS) is 15.0. The van der Waals surface area contributed by atoms with E-state index in [0.717, 1.165) is 22.7 Å². The molecule has 0 amide bonds. The Balaban J connectivity index is 0.00000231. The molecule has 9 rings (SSSR count). The molecule has 2 aliphatic carbocycles. The molecule has 58 heavy (non-hydrogen) atoms. The number of anilines is 4. The largest absolute Gasteiger partial charge is 0.362 e. The number of nitrogens with one attached hydrogen (secondary N) is 1. The first-order chi connectivity index (χ1) is 28.7. The highest BCUT2D eigenvalue weighted by atomic mass is 15.1. The summed E-state index contributed by atoms with van der Waals surface area (Å²) in [6.45, 7) is 10.7. The second-order valence-corrected chi connectivity index (χ2v) is 14.3. The number of nitrogens with zero attached hydrogens (tertiary/aromatic N) is 1. The van der Waals surface area contributed by atoms with E-state index in [4.69, 9.17) is 0 Å². The molecule has 2 heteroatoms. The summed E-state index contributed by atoms with van der Waals surface area (Å²) in [6.07, 6.45) is 14.4. The molecule has 0 saturated carbocycles. The minimum Gasteiger partial charge on any atom is -0.362 e. The first-order valence-corrected chi connectivity index (χ1v) is 20.2. The van der Waals surface area contributed by atoms with Crippen LogP contribution in [0.1, 0.15) is 52.8 Å². The number of benzene rings is 7. The van der Waals surface area contributed by atoms with Crippen LogP contribution in [0.2, 0.25) is 0 Å². The smallest absolute Gasteiger partial charge is 0.0732 e. The van der Waals surface area contributed by atoms with Crippen molar-refractivity contribution in [2.45, 2.75) is 26.2 Å². The van der Waals surface area contributed by atoms with Gasteiger partial charge in [0.2, 0.25) is 0 Å².